The van der Waals surface area contributed by atoms with Gasteiger partial charge in [-0.05, 0) is 68.8 Å². The van der Waals surface area contributed by atoms with Crippen LogP contribution >= 0.6 is 0 Å². The normalized spacial score (nSPS) is 20.5. The molecule has 13 heteroatoms. The first kappa shape index (κ1) is 40.0. The Hall–Kier alpha value is -4.42. The summed E-state index contributed by atoms with van der Waals surface area (Å²) in [5.74, 6) is -2.73. The fraction of sp³-hybridized carbons (Fsp3) is 0.622. The van der Waals surface area contributed by atoms with Crippen molar-refractivity contribution in [3.8, 4) is 0 Å². The van der Waals surface area contributed by atoms with E-state index in [1.165, 1.54) is 6.08 Å². The largest absolute Gasteiger partial charge is 0.463 e. The van der Waals surface area contributed by atoms with Crippen molar-refractivity contribution in [1.29, 1.82) is 0 Å². The summed E-state index contributed by atoms with van der Waals surface area (Å²) in [6.07, 6.45) is 6.68. The molecule has 13 nitrogen and oxygen atoms in total. The number of benzene rings is 1. The zero-order valence-electron chi connectivity index (χ0n) is 30.0. The van der Waals surface area contributed by atoms with Crippen molar-refractivity contribution in [2.75, 3.05) is 6.61 Å². The van der Waals surface area contributed by atoms with Crippen molar-refractivity contribution in [1.82, 2.24) is 20.9 Å². The number of likely N-dealkylation sites (tertiary alicyclic amines) is 1. The molecule has 1 aromatic rings. The molecule has 5 amide bonds. The van der Waals surface area contributed by atoms with Gasteiger partial charge in [0, 0.05) is 12.1 Å². The van der Waals surface area contributed by atoms with Crippen LogP contribution in [0, 0.1) is 17.8 Å². The fourth-order valence-electron chi connectivity index (χ4n) is 6.73. The number of hydrogen-bond acceptors (Lipinski definition) is 8. The predicted octanol–water partition coefficient (Wildman–Crippen LogP) is 3.50. The highest BCUT2D eigenvalue weighted by Gasteiger charge is 2.49. The van der Waals surface area contributed by atoms with Crippen molar-refractivity contribution < 1.29 is 38.2 Å². The van der Waals surface area contributed by atoms with Crippen LogP contribution in [0.3, 0.4) is 0 Å². The molecule has 0 bridgehead atoms. The quantitative estimate of drug-likeness (QED) is 0.141. The molecule has 5 N–H and O–H groups in total. The Balaban J connectivity index is 1.81. The molecule has 6 atom stereocenters. The number of allylic oxidation sites excluding steroid dienone is 1. The lowest BCUT2D eigenvalue weighted by molar-refractivity contribution is -0.145. The van der Waals surface area contributed by atoms with E-state index >= 15 is 0 Å². The molecule has 1 aliphatic heterocycles. The molecule has 1 aliphatic carbocycles. The maximum absolute atomic E-state index is 14.5. The van der Waals surface area contributed by atoms with Gasteiger partial charge < -0.3 is 36.1 Å². The van der Waals surface area contributed by atoms with Gasteiger partial charge in [-0.25, -0.2) is 9.59 Å². The molecule has 3 rings (SSSR count). The van der Waals surface area contributed by atoms with E-state index in [1.807, 2.05) is 32.0 Å². The average molecular weight is 698 g/mol. The number of primary amides is 1. The van der Waals surface area contributed by atoms with Gasteiger partial charge in [0.15, 0.2) is 0 Å². The summed E-state index contributed by atoms with van der Waals surface area (Å²) >= 11 is 0. The van der Waals surface area contributed by atoms with E-state index in [2.05, 4.69) is 16.0 Å². The third kappa shape index (κ3) is 11.9. The number of fused-ring (bicyclic) bond motifs is 1. The second kappa shape index (κ2) is 19.7. The first-order valence-electron chi connectivity index (χ1n) is 17.8. The van der Waals surface area contributed by atoms with E-state index in [4.69, 9.17) is 15.2 Å². The Labute approximate surface area is 295 Å². The highest BCUT2D eigenvalue weighted by Crippen LogP contribution is 2.40. The first-order chi connectivity index (χ1) is 23.8. The number of nitrogens with zero attached hydrogens (tertiary/aromatic N) is 1. The van der Waals surface area contributed by atoms with E-state index in [-0.39, 0.29) is 49.9 Å². The summed E-state index contributed by atoms with van der Waals surface area (Å²) in [4.78, 5) is 80.5. The Bertz CT molecular complexity index is 1350. The van der Waals surface area contributed by atoms with Crippen LogP contribution < -0.4 is 21.7 Å². The monoisotopic (exact) mass is 697 g/mol. The number of esters is 1. The van der Waals surface area contributed by atoms with Crippen LogP contribution in [0.2, 0.25) is 0 Å². The number of ether oxygens (including phenoxy) is 2. The molecule has 2 aliphatic rings. The molecular weight excluding hydrogens is 642 g/mol. The van der Waals surface area contributed by atoms with E-state index in [0.29, 0.717) is 12.8 Å². The lowest BCUT2D eigenvalue weighted by Gasteiger charge is -2.37. The Morgan fingerprint density at radius 3 is 2.28 bits per heavy atom. The molecule has 276 valence electrons. The molecule has 0 radical (unpaired) electrons. The first-order valence-corrected chi connectivity index (χ1v) is 17.8. The summed E-state index contributed by atoms with van der Waals surface area (Å²) in [6, 6.07) is 5.09. The maximum atomic E-state index is 14.5. The predicted molar refractivity (Wildman–Crippen MR) is 187 cm³/mol. The number of amides is 5. The van der Waals surface area contributed by atoms with Gasteiger partial charge in [0.05, 0.1) is 6.61 Å². The van der Waals surface area contributed by atoms with Gasteiger partial charge in [0.2, 0.25) is 23.6 Å². The van der Waals surface area contributed by atoms with E-state index in [0.717, 1.165) is 31.2 Å². The number of rotatable bonds is 17. The fourth-order valence-corrected chi connectivity index (χ4v) is 6.73. The molecule has 2 unspecified atom stereocenters. The molecule has 0 aromatic heterocycles. The standard InChI is InChI=1S/C37H55N5O8/c1-6-49-31(43)19-13-11-17-27(40-37(48)50-22-25-14-8-7-9-15-25)34(45)41-32(24(4)5)36(47)42-29-18-12-10-16-26(29)21-30(42)35(46)39-28(33(38)44)20-23(2)3/h7-9,13-15,19,23-24,26-30,32H,6,10-12,16-18,20-22H2,1-5H3,(H2,38,44)(H,39,46)(H,40,48)(H,41,45)/b19-13+/t26?,27-,28-,29?,30-,32-/m0/s1. The molecule has 2 fully saturated rings. The molecule has 50 heavy (non-hydrogen) atoms. The third-order valence-electron chi connectivity index (χ3n) is 9.23. The van der Waals surface area contributed by atoms with E-state index in [9.17, 15) is 28.8 Å². The van der Waals surface area contributed by atoms with Crippen molar-refractivity contribution >= 4 is 35.7 Å². The van der Waals surface area contributed by atoms with Gasteiger partial charge in [0.25, 0.3) is 0 Å². The summed E-state index contributed by atoms with van der Waals surface area (Å²) in [5, 5.41) is 8.28. The zero-order valence-corrected chi connectivity index (χ0v) is 30.0. The Kier molecular flexibility index (Phi) is 15.8. The zero-order chi connectivity index (χ0) is 36.8. The van der Waals surface area contributed by atoms with Gasteiger partial charge in [-0.15, -0.1) is 0 Å². The molecular formula is C37H55N5O8. The van der Waals surface area contributed by atoms with Crippen molar-refractivity contribution in [3.63, 3.8) is 0 Å². The second-order valence-electron chi connectivity index (χ2n) is 13.9. The number of hydrogen-bond donors (Lipinski definition) is 4. The second-order valence-corrected chi connectivity index (χ2v) is 13.9. The maximum Gasteiger partial charge on any atom is 0.408 e. The van der Waals surface area contributed by atoms with Crippen LogP contribution in [-0.2, 0) is 40.1 Å². The minimum absolute atomic E-state index is 0.00831. The molecule has 1 aromatic carbocycles. The summed E-state index contributed by atoms with van der Waals surface area (Å²) in [7, 11) is 0. The number of carbonyl (C=O) groups excluding carboxylic acids is 6. The van der Waals surface area contributed by atoms with E-state index in [1.54, 1.807) is 43.9 Å². The van der Waals surface area contributed by atoms with E-state index < -0.39 is 59.9 Å². The van der Waals surface area contributed by atoms with Gasteiger partial charge in [0.1, 0.15) is 30.8 Å². The van der Waals surface area contributed by atoms with Gasteiger partial charge in [-0.1, -0.05) is 76.9 Å². The lowest BCUT2D eigenvalue weighted by Crippen LogP contribution is -2.60. The molecule has 0 spiro atoms. The van der Waals surface area contributed by atoms with Crippen LogP contribution in [-0.4, -0.2) is 77.4 Å². The summed E-state index contributed by atoms with van der Waals surface area (Å²) < 4.78 is 10.3. The van der Waals surface area contributed by atoms with Gasteiger partial charge in [-0.3, -0.25) is 19.2 Å². The van der Waals surface area contributed by atoms with Gasteiger partial charge in [-0.2, -0.15) is 0 Å². The van der Waals surface area contributed by atoms with Crippen LogP contribution in [0.5, 0.6) is 0 Å². The Morgan fingerprint density at radius 1 is 0.940 bits per heavy atom. The Morgan fingerprint density at radius 2 is 1.64 bits per heavy atom. The average Bonchev–Trinajstić information content (AvgIpc) is 3.47. The number of carbonyl (C=O) groups is 6. The highest BCUT2D eigenvalue weighted by molar-refractivity contribution is 5.96. The lowest BCUT2D eigenvalue weighted by atomic mass is 9.84. The summed E-state index contributed by atoms with van der Waals surface area (Å²) in [5.41, 5.74) is 6.39. The van der Waals surface area contributed by atoms with Crippen LogP contribution in [0.25, 0.3) is 0 Å². The smallest absolute Gasteiger partial charge is 0.408 e. The minimum atomic E-state index is -1.10. The molecule has 1 saturated heterocycles. The number of nitrogens with one attached hydrogen (secondary N) is 3. The van der Waals surface area contributed by atoms with Crippen molar-refractivity contribution in [2.24, 2.45) is 23.5 Å². The van der Waals surface area contributed by atoms with Crippen LogP contribution in [0.15, 0.2) is 42.5 Å². The van der Waals surface area contributed by atoms with Gasteiger partial charge >= 0.3 is 12.1 Å². The van der Waals surface area contributed by atoms with Crippen molar-refractivity contribution in [2.45, 2.75) is 123 Å². The van der Waals surface area contributed by atoms with Crippen LogP contribution in [0.4, 0.5) is 4.79 Å². The molecule has 1 heterocycles. The van der Waals surface area contributed by atoms with Crippen molar-refractivity contribution in [3.05, 3.63) is 48.0 Å². The number of nitrogens with two attached hydrogens (primary N) is 1. The minimum Gasteiger partial charge on any atom is -0.463 e. The van der Waals surface area contributed by atoms with Crippen LogP contribution in [0.1, 0.15) is 91.5 Å². The highest BCUT2D eigenvalue weighted by atomic mass is 16.5. The summed E-state index contributed by atoms with van der Waals surface area (Å²) in [6.45, 7) is 9.37. The topological polar surface area (TPSA) is 186 Å². The SMILES string of the molecule is CCOC(=O)/C=C/CC[C@H](NC(=O)OCc1ccccc1)C(=O)N[C@H](C(=O)N1C2CCCCC2C[C@H]1C(=O)N[C@@H](CC(C)C)C(N)=O)C(C)C. The number of alkyl carbamates (subject to hydrolysis) is 1. The molecule has 1 saturated carbocycles. The third-order valence-corrected chi connectivity index (χ3v) is 9.23.